The molecule has 0 saturated heterocycles. The van der Waals surface area contributed by atoms with Crippen molar-refractivity contribution in [3.05, 3.63) is 76.9 Å². The number of carbonyl (C=O) groups is 1. The molecule has 1 aliphatic heterocycles. The van der Waals surface area contributed by atoms with Gasteiger partial charge in [-0.05, 0) is 85.1 Å². The van der Waals surface area contributed by atoms with Crippen molar-refractivity contribution in [2.45, 2.75) is 39.8 Å². The first kappa shape index (κ1) is 29.4. The molecule has 2 heterocycles. The van der Waals surface area contributed by atoms with Gasteiger partial charge in [0.15, 0.2) is 27.8 Å². The minimum Gasteiger partial charge on any atom is -0.493 e. The van der Waals surface area contributed by atoms with E-state index in [0.717, 1.165) is 5.56 Å². The molecule has 1 atom stereocenters. The van der Waals surface area contributed by atoms with Gasteiger partial charge in [-0.3, -0.25) is 9.36 Å². The van der Waals surface area contributed by atoms with Crippen molar-refractivity contribution in [3.63, 3.8) is 0 Å². The Kier molecular flexibility index (Phi) is 9.05. The second-order valence-corrected chi connectivity index (χ2v) is 11.0. The van der Waals surface area contributed by atoms with Crippen LogP contribution in [0.2, 0.25) is 0 Å². The molecule has 212 valence electrons. The lowest BCUT2D eigenvalue weighted by molar-refractivity contribution is -0.139. The largest absolute Gasteiger partial charge is 0.493 e. The van der Waals surface area contributed by atoms with Crippen molar-refractivity contribution < 1.29 is 28.5 Å². The number of allylic oxidation sites excluding steroid dienone is 1. The third kappa shape index (κ3) is 5.66. The summed E-state index contributed by atoms with van der Waals surface area (Å²) in [6, 6.07) is 8.23. The first-order chi connectivity index (χ1) is 19.1. The molecule has 3 aromatic rings. The number of aromatic nitrogens is 1. The zero-order valence-corrected chi connectivity index (χ0v) is 25.8. The molecule has 0 bridgehead atoms. The van der Waals surface area contributed by atoms with Crippen LogP contribution in [-0.4, -0.2) is 44.6 Å². The minimum absolute atomic E-state index is 0.0636. The lowest BCUT2D eigenvalue weighted by Gasteiger charge is -2.25. The van der Waals surface area contributed by atoms with E-state index in [9.17, 15) is 9.59 Å². The van der Waals surface area contributed by atoms with E-state index in [4.69, 9.17) is 23.7 Å². The van der Waals surface area contributed by atoms with Crippen molar-refractivity contribution in [1.82, 2.24) is 4.57 Å². The fraction of sp³-hybridized carbons (Fsp3) is 0.345. The van der Waals surface area contributed by atoms with Crippen LogP contribution in [0.4, 0.5) is 0 Å². The number of esters is 1. The molecule has 0 fully saturated rings. The maximum Gasteiger partial charge on any atom is 0.338 e. The molecule has 0 saturated carbocycles. The molecule has 11 heteroatoms. The van der Waals surface area contributed by atoms with E-state index >= 15 is 0 Å². The molecule has 0 amide bonds. The number of carbonyl (C=O) groups excluding carboxylic acids is 1. The van der Waals surface area contributed by atoms with Gasteiger partial charge in [0.05, 0.1) is 60.4 Å². The second-order valence-electron chi connectivity index (χ2n) is 9.12. The van der Waals surface area contributed by atoms with Crippen molar-refractivity contribution in [2.75, 3.05) is 27.9 Å². The maximum absolute atomic E-state index is 13.9. The highest BCUT2D eigenvalue weighted by Crippen LogP contribution is 2.38. The molecule has 0 radical (unpaired) electrons. The first-order valence-corrected chi connectivity index (χ1v) is 14.2. The number of hydrogen-bond donors (Lipinski definition) is 0. The Labute approximate surface area is 244 Å². The third-order valence-corrected chi connectivity index (χ3v) is 7.71. The van der Waals surface area contributed by atoms with Crippen LogP contribution in [0.5, 0.6) is 23.0 Å². The van der Waals surface area contributed by atoms with Gasteiger partial charge in [-0.25, -0.2) is 9.79 Å². The predicted octanol–water partition coefficient (Wildman–Crippen LogP) is 4.37. The highest BCUT2D eigenvalue weighted by molar-refractivity contribution is 9.10. The number of nitrogens with zero attached hydrogens (tertiary/aromatic N) is 2. The Morgan fingerprint density at radius 3 is 2.45 bits per heavy atom. The Morgan fingerprint density at radius 1 is 1.10 bits per heavy atom. The summed E-state index contributed by atoms with van der Waals surface area (Å²) in [7, 11) is 4.65. The zero-order chi connectivity index (χ0) is 29.1. The molecular weight excluding hydrogens is 600 g/mol. The van der Waals surface area contributed by atoms with Crippen LogP contribution in [0.3, 0.4) is 0 Å². The SMILES string of the molecule is CCOC(=O)C1=C(C)N=c2s/c(=C/c3cc(Br)c(OC)c(OC)c3)c(=O)n2[C@@H]1c1ccc(OC(C)C)c(OC)c1. The van der Waals surface area contributed by atoms with E-state index < -0.39 is 12.0 Å². The number of benzene rings is 2. The molecular formula is C29H31BrN2O7S. The average Bonchev–Trinajstić information content (AvgIpc) is 3.21. The standard InChI is InChI=1S/C29H31BrN2O7S/c1-8-38-28(34)24-16(4)31-29-32(25(24)18-9-10-20(39-15(2)3)21(14-18)35-5)27(33)23(40-29)13-17-11-19(30)26(37-7)22(12-17)36-6/h9-15,25H,8H2,1-7H3/b23-13+/t25-/m1/s1. The van der Waals surface area contributed by atoms with Crippen LogP contribution in [0.25, 0.3) is 6.08 Å². The monoisotopic (exact) mass is 630 g/mol. The summed E-state index contributed by atoms with van der Waals surface area (Å²) in [5.41, 5.74) is 1.85. The summed E-state index contributed by atoms with van der Waals surface area (Å²) in [4.78, 5) is 32.3. The molecule has 40 heavy (non-hydrogen) atoms. The molecule has 0 spiro atoms. The Balaban J connectivity index is 1.95. The average molecular weight is 632 g/mol. The second kappa shape index (κ2) is 12.3. The summed E-state index contributed by atoms with van der Waals surface area (Å²) < 4.78 is 30.4. The van der Waals surface area contributed by atoms with Gasteiger partial charge in [-0.1, -0.05) is 17.4 Å². The van der Waals surface area contributed by atoms with Gasteiger partial charge in [0, 0.05) is 0 Å². The van der Waals surface area contributed by atoms with Gasteiger partial charge in [0.2, 0.25) is 0 Å². The van der Waals surface area contributed by atoms with Crippen LogP contribution < -0.4 is 33.8 Å². The van der Waals surface area contributed by atoms with Crippen LogP contribution in [-0.2, 0) is 9.53 Å². The lowest BCUT2D eigenvalue weighted by atomic mass is 9.95. The number of fused-ring (bicyclic) bond motifs is 1. The molecule has 4 rings (SSSR count). The minimum atomic E-state index is -0.781. The smallest absolute Gasteiger partial charge is 0.338 e. The van der Waals surface area contributed by atoms with E-state index in [-0.39, 0.29) is 23.8 Å². The van der Waals surface area contributed by atoms with E-state index in [1.54, 1.807) is 59.5 Å². The lowest BCUT2D eigenvalue weighted by Crippen LogP contribution is -2.40. The summed E-state index contributed by atoms with van der Waals surface area (Å²) in [6.45, 7) is 7.52. The molecule has 0 unspecified atom stereocenters. The van der Waals surface area contributed by atoms with Gasteiger partial charge in [0.1, 0.15) is 0 Å². The van der Waals surface area contributed by atoms with Gasteiger partial charge in [0.25, 0.3) is 5.56 Å². The Bertz CT molecular complexity index is 1660. The van der Waals surface area contributed by atoms with Crippen molar-refractivity contribution >= 4 is 39.3 Å². The fourth-order valence-corrected chi connectivity index (χ4v) is 6.15. The predicted molar refractivity (Wildman–Crippen MR) is 156 cm³/mol. The normalized spacial score (nSPS) is 15.0. The molecule has 9 nitrogen and oxygen atoms in total. The number of hydrogen-bond acceptors (Lipinski definition) is 9. The van der Waals surface area contributed by atoms with Crippen molar-refractivity contribution in [1.29, 1.82) is 0 Å². The summed E-state index contributed by atoms with van der Waals surface area (Å²) >= 11 is 4.74. The zero-order valence-electron chi connectivity index (χ0n) is 23.4. The van der Waals surface area contributed by atoms with E-state index in [2.05, 4.69) is 20.9 Å². The van der Waals surface area contributed by atoms with Crippen LogP contribution in [0, 0.1) is 0 Å². The van der Waals surface area contributed by atoms with Crippen molar-refractivity contribution in [2.24, 2.45) is 4.99 Å². The number of methoxy groups -OCH3 is 3. The fourth-order valence-electron chi connectivity index (χ4n) is 4.49. The number of thiazole rings is 1. The number of ether oxygens (including phenoxy) is 5. The molecule has 2 aromatic carbocycles. The van der Waals surface area contributed by atoms with Gasteiger partial charge < -0.3 is 23.7 Å². The van der Waals surface area contributed by atoms with E-state index in [0.29, 0.717) is 48.1 Å². The molecule has 1 aromatic heterocycles. The number of halogens is 1. The highest BCUT2D eigenvalue weighted by atomic mass is 79.9. The van der Waals surface area contributed by atoms with Gasteiger partial charge in [-0.2, -0.15) is 0 Å². The van der Waals surface area contributed by atoms with Gasteiger partial charge >= 0.3 is 5.97 Å². The summed E-state index contributed by atoms with van der Waals surface area (Å²) in [5.74, 6) is 1.58. The summed E-state index contributed by atoms with van der Waals surface area (Å²) in [6.07, 6.45) is 1.70. The Morgan fingerprint density at radius 2 is 1.82 bits per heavy atom. The third-order valence-electron chi connectivity index (χ3n) is 6.14. The quantitative estimate of drug-likeness (QED) is 0.324. The first-order valence-electron chi connectivity index (χ1n) is 12.6. The van der Waals surface area contributed by atoms with E-state index in [1.807, 2.05) is 26.0 Å². The molecule has 1 aliphatic rings. The number of rotatable bonds is 9. The molecule has 0 N–H and O–H groups in total. The topological polar surface area (TPSA) is 97.6 Å². The Hall–Kier alpha value is -3.57. The molecule has 0 aliphatic carbocycles. The van der Waals surface area contributed by atoms with Crippen molar-refractivity contribution in [3.8, 4) is 23.0 Å². The van der Waals surface area contributed by atoms with Crippen LogP contribution in [0.15, 0.2) is 55.9 Å². The van der Waals surface area contributed by atoms with Crippen LogP contribution >= 0.6 is 27.3 Å². The maximum atomic E-state index is 13.9. The summed E-state index contributed by atoms with van der Waals surface area (Å²) in [5, 5.41) is 0. The van der Waals surface area contributed by atoms with E-state index in [1.165, 1.54) is 15.9 Å². The highest BCUT2D eigenvalue weighted by Gasteiger charge is 2.34. The van der Waals surface area contributed by atoms with Gasteiger partial charge in [-0.15, -0.1) is 0 Å². The van der Waals surface area contributed by atoms with Crippen LogP contribution in [0.1, 0.15) is 44.9 Å².